The molecule has 0 unspecified atom stereocenters. The zero-order valence-corrected chi connectivity index (χ0v) is 20.7. The second-order valence-electron chi connectivity index (χ2n) is 8.72. The lowest BCUT2D eigenvalue weighted by Crippen LogP contribution is -2.51. The Morgan fingerprint density at radius 3 is 2.51 bits per heavy atom. The average Bonchev–Trinajstić information content (AvgIpc) is 2.85. The SMILES string of the molecule is CCOC(=O)C1=C(CN2CCN(c3cccc(C)c3)CC2)NC(=O)N[C@@H]1c1ccccc1OCC. The third-order valence-electron chi connectivity index (χ3n) is 6.30. The molecule has 0 spiro atoms. The number of piperazine rings is 1. The fraction of sp³-hybridized carbons (Fsp3) is 0.407. The van der Waals surface area contributed by atoms with Crippen molar-refractivity contribution in [1.29, 1.82) is 0 Å². The molecule has 1 saturated heterocycles. The first-order valence-corrected chi connectivity index (χ1v) is 12.2. The molecule has 1 atom stereocenters. The maximum atomic E-state index is 13.1. The van der Waals surface area contributed by atoms with Gasteiger partial charge in [0.2, 0.25) is 0 Å². The number of rotatable bonds is 8. The Morgan fingerprint density at radius 2 is 1.80 bits per heavy atom. The first kappa shape index (κ1) is 24.6. The number of hydrogen-bond acceptors (Lipinski definition) is 6. The summed E-state index contributed by atoms with van der Waals surface area (Å²) in [6.07, 6.45) is 0. The van der Waals surface area contributed by atoms with Crippen LogP contribution in [0, 0.1) is 6.92 Å². The van der Waals surface area contributed by atoms with Gasteiger partial charge in [-0.15, -0.1) is 0 Å². The van der Waals surface area contributed by atoms with Crippen LogP contribution < -0.4 is 20.3 Å². The van der Waals surface area contributed by atoms with Gasteiger partial charge in [-0.1, -0.05) is 30.3 Å². The van der Waals surface area contributed by atoms with Crippen molar-refractivity contribution in [2.75, 3.05) is 50.8 Å². The predicted molar refractivity (Wildman–Crippen MR) is 136 cm³/mol. The molecule has 2 heterocycles. The summed E-state index contributed by atoms with van der Waals surface area (Å²) in [5.41, 5.74) is 4.19. The lowest BCUT2D eigenvalue weighted by atomic mass is 9.94. The number of nitrogens with one attached hydrogen (secondary N) is 2. The Morgan fingerprint density at radius 1 is 1.03 bits per heavy atom. The molecule has 8 heteroatoms. The van der Waals surface area contributed by atoms with Gasteiger partial charge in [-0.3, -0.25) is 4.90 Å². The third kappa shape index (κ3) is 5.77. The molecule has 35 heavy (non-hydrogen) atoms. The van der Waals surface area contributed by atoms with Crippen molar-refractivity contribution in [3.05, 3.63) is 70.9 Å². The highest BCUT2D eigenvalue weighted by Gasteiger charge is 2.36. The summed E-state index contributed by atoms with van der Waals surface area (Å²) in [7, 11) is 0. The van der Waals surface area contributed by atoms with Gasteiger partial charge in [-0.25, -0.2) is 9.59 Å². The van der Waals surface area contributed by atoms with E-state index < -0.39 is 12.0 Å². The predicted octanol–water partition coefficient (Wildman–Crippen LogP) is 3.39. The number of anilines is 1. The monoisotopic (exact) mass is 478 g/mol. The van der Waals surface area contributed by atoms with Crippen molar-refractivity contribution in [2.24, 2.45) is 0 Å². The number of benzene rings is 2. The van der Waals surface area contributed by atoms with Crippen LogP contribution in [0.2, 0.25) is 0 Å². The number of ether oxygens (including phenoxy) is 2. The molecule has 0 aliphatic carbocycles. The lowest BCUT2D eigenvalue weighted by molar-refractivity contribution is -0.139. The van der Waals surface area contributed by atoms with Gasteiger partial charge in [0.25, 0.3) is 0 Å². The molecule has 2 aromatic rings. The molecule has 8 nitrogen and oxygen atoms in total. The quantitative estimate of drug-likeness (QED) is 0.566. The number of aryl methyl sites for hydroxylation is 1. The van der Waals surface area contributed by atoms with E-state index in [9.17, 15) is 9.59 Å². The molecule has 2 aliphatic heterocycles. The highest BCUT2D eigenvalue weighted by atomic mass is 16.5. The Hall–Kier alpha value is -3.52. The van der Waals surface area contributed by atoms with Crippen LogP contribution in [0.3, 0.4) is 0 Å². The first-order chi connectivity index (χ1) is 17.0. The normalized spacial score (nSPS) is 18.7. The fourth-order valence-corrected chi connectivity index (χ4v) is 4.64. The summed E-state index contributed by atoms with van der Waals surface area (Å²) in [6, 6.07) is 15.0. The molecule has 1 fully saturated rings. The van der Waals surface area contributed by atoms with E-state index in [4.69, 9.17) is 9.47 Å². The van der Waals surface area contributed by atoms with Gasteiger partial charge in [0, 0.05) is 49.7 Å². The summed E-state index contributed by atoms with van der Waals surface area (Å²) in [5, 5.41) is 5.79. The van der Waals surface area contributed by atoms with Crippen LogP contribution in [-0.4, -0.2) is 62.8 Å². The van der Waals surface area contributed by atoms with Crippen LogP contribution in [0.4, 0.5) is 10.5 Å². The molecule has 2 aliphatic rings. The number of carbonyl (C=O) groups is 2. The maximum absolute atomic E-state index is 13.1. The molecule has 2 amide bonds. The van der Waals surface area contributed by atoms with Crippen LogP contribution in [0.5, 0.6) is 5.75 Å². The number of esters is 1. The smallest absolute Gasteiger partial charge is 0.338 e. The second-order valence-corrected chi connectivity index (χ2v) is 8.72. The number of urea groups is 1. The summed E-state index contributed by atoms with van der Waals surface area (Å²) in [4.78, 5) is 30.5. The third-order valence-corrected chi connectivity index (χ3v) is 6.30. The van der Waals surface area contributed by atoms with Crippen LogP contribution in [-0.2, 0) is 9.53 Å². The van der Waals surface area contributed by atoms with Crippen molar-refractivity contribution in [1.82, 2.24) is 15.5 Å². The lowest BCUT2D eigenvalue weighted by Gasteiger charge is -2.38. The van der Waals surface area contributed by atoms with Gasteiger partial charge in [-0.05, 0) is 44.5 Å². The van der Waals surface area contributed by atoms with E-state index in [0.29, 0.717) is 30.2 Å². The number of nitrogens with zero attached hydrogens (tertiary/aromatic N) is 2. The molecule has 2 aromatic carbocycles. The topological polar surface area (TPSA) is 83.1 Å². The van der Waals surface area contributed by atoms with Gasteiger partial charge in [0.15, 0.2) is 0 Å². The van der Waals surface area contributed by atoms with Gasteiger partial charge >= 0.3 is 12.0 Å². The molecule has 186 valence electrons. The van der Waals surface area contributed by atoms with E-state index >= 15 is 0 Å². The van der Waals surface area contributed by atoms with E-state index in [2.05, 4.69) is 51.6 Å². The summed E-state index contributed by atoms with van der Waals surface area (Å²) < 4.78 is 11.2. The largest absolute Gasteiger partial charge is 0.494 e. The molecule has 0 bridgehead atoms. The van der Waals surface area contributed by atoms with Crippen LogP contribution in [0.25, 0.3) is 0 Å². The Bertz CT molecular complexity index is 1090. The van der Waals surface area contributed by atoms with E-state index in [-0.39, 0.29) is 12.6 Å². The standard InChI is InChI=1S/C27H34N4O4/c1-4-34-23-12-7-6-11-21(23)25-24(26(32)35-5-2)22(28-27(33)29-25)18-30-13-15-31(16-14-30)20-10-8-9-19(3)17-20/h6-12,17,25H,4-5,13-16,18H2,1-3H3,(H2,28,29,33)/t25-/m1/s1. The van der Waals surface area contributed by atoms with E-state index in [1.165, 1.54) is 11.3 Å². The Kier molecular flexibility index (Phi) is 7.92. The minimum atomic E-state index is -0.658. The summed E-state index contributed by atoms with van der Waals surface area (Å²) >= 11 is 0. The molecule has 0 radical (unpaired) electrons. The zero-order chi connectivity index (χ0) is 24.8. The average molecular weight is 479 g/mol. The Balaban J connectivity index is 1.59. The minimum Gasteiger partial charge on any atom is -0.494 e. The fourth-order valence-electron chi connectivity index (χ4n) is 4.64. The summed E-state index contributed by atoms with van der Waals surface area (Å²) in [6.45, 7) is 10.3. The van der Waals surface area contributed by atoms with E-state index in [1.807, 2.05) is 31.2 Å². The molecule has 0 aromatic heterocycles. The number of hydrogen-bond donors (Lipinski definition) is 2. The Labute approximate surface area is 206 Å². The highest BCUT2D eigenvalue weighted by molar-refractivity contribution is 5.95. The zero-order valence-electron chi connectivity index (χ0n) is 20.7. The van der Waals surface area contributed by atoms with E-state index in [0.717, 1.165) is 31.7 Å². The number of amides is 2. The van der Waals surface area contributed by atoms with Gasteiger partial charge in [0.05, 0.1) is 24.8 Å². The van der Waals surface area contributed by atoms with Crippen molar-refractivity contribution in [3.8, 4) is 5.75 Å². The highest BCUT2D eigenvalue weighted by Crippen LogP contribution is 2.34. The van der Waals surface area contributed by atoms with Crippen LogP contribution in [0.1, 0.15) is 31.0 Å². The van der Waals surface area contributed by atoms with Gasteiger partial charge < -0.3 is 25.0 Å². The molecule has 4 rings (SSSR count). The van der Waals surface area contributed by atoms with E-state index in [1.54, 1.807) is 6.92 Å². The molecule has 0 saturated carbocycles. The minimum absolute atomic E-state index is 0.249. The molecule has 2 N–H and O–H groups in total. The molecular weight excluding hydrogens is 444 g/mol. The number of carbonyl (C=O) groups excluding carboxylic acids is 2. The summed E-state index contributed by atoms with van der Waals surface area (Å²) in [5.74, 6) is 0.194. The van der Waals surface area contributed by atoms with Crippen molar-refractivity contribution < 1.29 is 19.1 Å². The van der Waals surface area contributed by atoms with Crippen molar-refractivity contribution in [2.45, 2.75) is 26.8 Å². The van der Waals surface area contributed by atoms with Crippen molar-refractivity contribution >= 4 is 17.7 Å². The van der Waals surface area contributed by atoms with Crippen molar-refractivity contribution in [3.63, 3.8) is 0 Å². The maximum Gasteiger partial charge on any atom is 0.338 e. The van der Waals surface area contributed by atoms with Crippen LogP contribution >= 0.6 is 0 Å². The first-order valence-electron chi connectivity index (χ1n) is 12.2. The van der Waals surface area contributed by atoms with Gasteiger partial charge in [0.1, 0.15) is 5.75 Å². The second kappa shape index (κ2) is 11.3. The number of para-hydroxylation sites is 1. The van der Waals surface area contributed by atoms with Crippen LogP contribution in [0.15, 0.2) is 59.8 Å². The molecular formula is C27H34N4O4. The van der Waals surface area contributed by atoms with Gasteiger partial charge in [-0.2, -0.15) is 0 Å².